The Morgan fingerprint density at radius 3 is 1.97 bits per heavy atom. The maximum Gasteiger partial charge on any atom is 0.225 e. The largest absolute Gasteiger partial charge is 0.332 e. The molecule has 168 valence electrons. The summed E-state index contributed by atoms with van der Waals surface area (Å²) in [6.07, 6.45) is 14.8. The van der Waals surface area contributed by atoms with Crippen molar-refractivity contribution in [2.45, 2.75) is 96.2 Å². The van der Waals surface area contributed by atoms with Crippen molar-refractivity contribution in [3.05, 3.63) is 18.0 Å². The van der Waals surface area contributed by atoms with E-state index in [2.05, 4.69) is 54.9 Å². The fourth-order valence-electron chi connectivity index (χ4n) is 6.13. The van der Waals surface area contributed by atoms with Crippen LogP contribution in [0.25, 0.3) is 0 Å². The molecule has 2 atom stereocenters. The third kappa shape index (κ3) is 4.83. The van der Waals surface area contributed by atoms with E-state index in [9.17, 15) is 0 Å². The molecule has 0 aromatic carbocycles. The molecule has 1 aromatic rings. The van der Waals surface area contributed by atoms with E-state index in [1.807, 2.05) is 0 Å². The monoisotopic (exact) mass is 413 g/mol. The smallest absolute Gasteiger partial charge is 0.225 e. The molecule has 3 heterocycles. The summed E-state index contributed by atoms with van der Waals surface area (Å²) < 4.78 is 0. The van der Waals surface area contributed by atoms with E-state index in [0.717, 1.165) is 43.8 Å². The summed E-state index contributed by atoms with van der Waals surface area (Å²) >= 11 is 0. The molecule has 0 N–H and O–H groups in total. The lowest BCUT2D eigenvalue weighted by Crippen LogP contribution is -2.58. The first-order valence-corrected chi connectivity index (χ1v) is 12.6. The Balaban J connectivity index is 1.37. The second kappa shape index (κ2) is 9.95. The average molecular weight is 414 g/mol. The Hall–Kier alpha value is -1.20. The molecular formula is C25H43N5. The molecule has 1 aliphatic carbocycles. The van der Waals surface area contributed by atoms with Gasteiger partial charge in [-0.25, -0.2) is 9.97 Å². The number of piperidine rings is 1. The van der Waals surface area contributed by atoms with Crippen molar-refractivity contribution in [3.8, 4) is 0 Å². The van der Waals surface area contributed by atoms with Crippen molar-refractivity contribution in [3.63, 3.8) is 0 Å². The van der Waals surface area contributed by atoms with Gasteiger partial charge < -0.3 is 14.7 Å². The Morgan fingerprint density at radius 2 is 1.43 bits per heavy atom. The van der Waals surface area contributed by atoms with E-state index in [0.29, 0.717) is 18.0 Å². The van der Waals surface area contributed by atoms with Gasteiger partial charge in [-0.2, -0.15) is 0 Å². The molecule has 5 heteroatoms. The molecule has 4 rings (SSSR count). The molecule has 2 unspecified atom stereocenters. The molecule has 30 heavy (non-hydrogen) atoms. The minimum absolute atomic E-state index is 0.515. The van der Waals surface area contributed by atoms with Crippen molar-refractivity contribution in [1.29, 1.82) is 0 Å². The van der Waals surface area contributed by atoms with Gasteiger partial charge in [-0.15, -0.1) is 0 Å². The first kappa shape index (κ1) is 22.0. The Kier molecular flexibility index (Phi) is 7.30. The molecule has 0 amide bonds. The number of nitrogens with zero attached hydrogens (tertiary/aromatic N) is 5. The van der Waals surface area contributed by atoms with E-state index < -0.39 is 0 Å². The van der Waals surface area contributed by atoms with Gasteiger partial charge in [0.05, 0.1) is 0 Å². The van der Waals surface area contributed by atoms with Gasteiger partial charge in [-0.3, -0.25) is 0 Å². The number of hydrogen-bond acceptors (Lipinski definition) is 5. The fourth-order valence-corrected chi connectivity index (χ4v) is 6.13. The molecule has 2 saturated heterocycles. The first-order chi connectivity index (χ1) is 14.6. The molecule has 3 fully saturated rings. The van der Waals surface area contributed by atoms with Crippen LogP contribution in [-0.2, 0) is 0 Å². The number of likely N-dealkylation sites (N-methyl/N-ethyl adjacent to an activating group) is 1. The first-order valence-electron chi connectivity index (χ1n) is 12.6. The molecule has 5 nitrogen and oxygen atoms in total. The summed E-state index contributed by atoms with van der Waals surface area (Å²) in [6.45, 7) is 11.7. The lowest BCUT2D eigenvalue weighted by atomic mass is 9.84. The van der Waals surface area contributed by atoms with Gasteiger partial charge in [0, 0.05) is 43.6 Å². The van der Waals surface area contributed by atoms with Crippen LogP contribution in [0.5, 0.6) is 0 Å². The predicted octanol–water partition coefficient (Wildman–Crippen LogP) is 4.54. The molecule has 2 aliphatic heterocycles. The quantitative estimate of drug-likeness (QED) is 0.708. The number of hydrogen-bond donors (Lipinski definition) is 0. The van der Waals surface area contributed by atoms with Crippen molar-refractivity contribution in [1.82, 2.24) is 19.8 Å². The van der Waals surface area contributed by atoms with Crippen LogP contribution in [0.3, 0.4) is 0 Å². The van der Waals surface area contributed by atoms with Crippen LogP contribution in [0.2, 0.25) is 0 Å². The summed E-state index contributed by atoms with van der Waals surface area (Å²) in [5.74, 6) is 2.52. The number of rotatable bonds is 5. The van der Waals surface area contributed by atoms with Crippen molar-refractivity contribution >= 4 is 5.95 Å². The Bertz CT molecular complexity index is 632. The number of likely N-dealkylation sites (tertiary alicyclic amines) is 1. The predicted molar refractivity (Wildman–Crippen MR) is 125 cm³/mol. The van der Waals surface area contributed by atoms with Crippen molar-refractivity contribution < 1.29 is 0 Å². The van der Waals surface area contributed by atoms with E-state index >= 15 is 0 Å². The molecule has 0 spiro atoms. The standard InChI is InChI=1S/C25H43N5/c1-5-22-17-28(4)18-23(6-2)30(22)25-26-15-21(16-27-25)20-11-13-29(14-12-20)24-9-7-19(3)8-10-24/h15-16,19-20,22-24H,5-14,17-18H2,1-4H3/t19-,22?,23?,24-. The molecular weight excluding hydrogens is 370 g/mol. The van der Waals surface area contributed by atoms with Crippen LogP contribution in [0.4, 0.5) is 5.95 Å². The van der Waals surface area contributed by atoms with Gasteiger partial charge in [0.15, 0.2) is 0 Å². The van der Waals surface area contributed by atoms with Gasteiger partial charge in [-0.1, -0.05) is 20.8 Å². The minimum Gasteiger partial charge on any atom is -0.332 e. The van der Waals surface area contributed by atoms with E-state index in [-0.39, 0.29) is 0 Å². The summed E-state index contributed by atoms with van der Waals surface area (Å²) in [5, 5.41) is 0. The number of aromatic nitrogens is 2. The van der Waals surface area contributed by atoms with Gasteiger partial charge in [0.25, 0.3) is 0 Å². The van der Waals surface area contributed by atoms with E-state index in [4.69, 9.17) is 9.97 Å². The van der Waals surface area contributed by atoms with Crippen LogP contribution in [0.1, 0.15) is 83.6 Å². The van der Waals surface area contributed by atoms with Crippen LogP contribution in [0.15, 0.2) is 12.4 Å². The highest BCUT2D eigenvalue weighted by Gasteiger charge is 2.33. The average Bonchev–Trinajstić information content (AvgIpc) is 2.79. The summed E-state index contributed by atoms with van der Waals surface area (Å²) in [7, 11) is 2.24. The Morgan fingerprint density at radius 1 is 0.867 bits per heavy atom. The summed E-state index contributed by atoms with van der Waals surface area (Å²) in [5.41, 5.74) is 1.35. The maximum absolute atomic E-state index is 4.90. The normalized spacial score (nSPS) is 32.5. The fraction of sp³-hybridized carbons (Fsp3) is 0.840. The number of anilines is 1. The highest BCUT2D eigenvalue weighted by Crippen LogP contribution is 2.33. The van der Waals surface area contributed by atoms with E-state index in [1.165, 1.54) is 57.2 Å². The second-order valence-corrected chi connectivity index (χ2v) is 10.3. The summed E-state index contributed by atoms with van der Waals surface area (Å²) in [4.78, 5) is 17.6. The maximum atomic E-state index is 4.90. The van der Waals surface area contributed by atoms with Gasteiger partial charge in [0.1, 0.15) is 0 Å². The highest BCUT2D eigenvalue weighted by molar-refractivity contribution is 5.36. The van der Waals surface area contributed by atoms with Crippen LogP contribution in [0, 0.1) is 5.92 Å². The zero-order valence-electron chi connectivity index (χ0n) is 19.8. The van der Waals surface area contributed by atoms with Crippen LogP contribution in [-0.4, -0.2) is 71.1 Å². The SMILES string of the molecule is CCC1CN(C)CC(CC)N1c1ncc(C2CCN([C@H]3CC[C@H](C)CC3)CC2)cn1. The lowest BCUT2D eigenvalue weighted by Gasteiger charge is -2.45. The van der Waals surface area contributed by atoms with E-state index in [1.54, 1.807) is 0 Å². The topological polar surface area (TPSA) is 35.5 Å². The molecule has 0 radical (unpaired) electrons. The molecule has 1 saturated carbocycles. The second-order valence-electron chi connectivity index (χ2n) is 10.3. The van der Waals surface area contributed by atoms with Gasteiger partial charge >= 0.3 is 0 Å². The van der Waals surface area contributed by atoms with Crippen LogP contribution < -0.4 is 4.90 Å². The Labute approximate surface area is 184 Å². The van der Waals surface area contributed by atoms with Crippen LogP contribution >= 0.6 is 0 Å². The van der Waals surface area contributed by atoms with Gasteiger partial charge in [-0.05, 0) is 88.9 Å². The zero-order valence-corrected chi connectivity index (χ0v) is 19.8. The third-order valence-electron chi connectivity index (χ3n) is 8.17. The van der Waals surface area contributed by atoms with Gasteiger partial charge in [0.2, 0.25) is 5.95 Å². The third-order valence-corrected chi connectivity index (χ3v) is 8.17. The molecule has 0 bridgehead atoms. The lowest BCUT2D eigenvalue weighted by molar-refractivity contribution is 0.110. The summed E-state index contributed by atoms with van der Waals surface area (Å²) in [6, 6.07) is 1.87. The number of piperazine rings is 1. The highest BCUT2D eigenvalue weighted by atomic mass is 15.4. The zero-order chi connectivity index (χ0) is 21.1. The molecule has 3 aliphatic rings. The van der Waals surface area contributed by atoms with Crippen molar-refractivity contribution in [2.24, 2.45) is 5.92 Å². The minimum atomic E-state index is 0.515. The van der Waals surface area contributed by atoms with Crippen molar-refractivity contribution in [2.75, 3.05) is 38.1 Å². The molecule has 1 aromatic heterocycles.